The Labute approximate surface area is 206 Å². The predicted octanol–water partition coefficient (Wildman–Crippen LogP) is 0.704. The van der Waals surface area contributed by atoms with Crippen LogP contribution in [0.15, 0.2) is 0 Å². The SMILES string of the molecule is CCCCCCC(=O)O[C@H](COC(=O)CCCCC)CO[C@@H]1O[C@H](CS(=O)(=O)O)[C@@H](O)[C@H](O)[C@H]1O. The van der Waals surface area contributed by atoms with E-state index < -0.39 is 71.2 Å². The maximum atomic E-state index is 12.2. The number of carbonyl (C=O) groups excluding carboxylic acids is 2. The van der Waals surface area contributed by atoms with Gasteiger partial charge in [-0.25, -0.2) is 0 Å². The van der Waals surface area contributed by atoms with E-state index in [0.29, 0.717) is 12.8 Å². The Kier molecular flexibility index (Phi) is 14.8. The molecule has 1 rings (SSSR count). The van der Waals surface area contributed by atoms with Crippen LogP contribution in [0.1, 0.15) is 71.6 Å². The molecule has 4 N–H and O–H groups in total. The van der Waals surface area contributed by atoms with E-state index in [0.717, 1.165) is 32.1 Å². The van der Waals surface area contributed by atoms with Crippen molar-refractivity contribution < 1.29 is 56.8 Å². The number of hydrogen-bond acceptors (Lipinski definition) is 11. The normalized spacial score (nSPS) is 25.7. The largest absolute Gasteiger partial charge is 0.462 e. The number of carbonyl (C=O) groups is 2. The molecule has 1 heterocycles. The molecule has 0 aromatic heterocycles. The van der Waals surface area contributed by atoms with Crippen LogP contribution in [-0.4, -0.2) is 96.0 Å². The molecule has 206 valence electrons. The van der Waals surface area contributed by atoms with Crippen LogP contribution in [0.25, 0.3) is 0 Å². The van der Waals surface area contributed by atoms with E-state index in [1.165, 1.54) is 0 Å². The zero-order valence-corrected chi connectivity index (χ0v) is 21.2. The van der Waals surface area contributed by atoms with Gasteiger partial charge in [-0.2, -0.15) is 8.42 Å². The first-order valence-corrected chi connectivity index (χ1v) is 13.7. The van der Waals surface area contributed by atoms with E-state index in [1.807, 2.05) is 13.8 Å². The fourth-order valence-corrected chi connectivity index (χ4v) is 4.13. The molecule has 0 aliphatic carbocycles. The van der Waals surface area contributed by atoms with Gasteiger partial charge in [-0.15, -0.1) is 0 Å². The lowest BCUT2D eigenvalue weighted by atomic mass is 10.00. The van der Waals surface area contributed by atoms with Crippen molar-refractivity contribution in [3.63, 3.8) is 0 Å². The average molecular weight is 529 g/mol. The fraction of sp³-hybridized carbons (Fsp3) is 0.909. The molecule has 12 nitrogen and oxygen atoms in total. The van der Waals surface area contributed by atoms with Crippen LogP contribution < -0.4 is 0 Å². The minimum absolute atomic E-state index is 0.158. The van der Waals surface area contributed by atoms with Crippen molar-refractivity contribution in [1.29, 1.82) is 0 Å². The average Bonchev–Trinajstić information content (AvgIpc) is 2.79. The van der Waals surface area contributed by atoms with Gasteiger partial charge in [0.1, 0.15) is 36.8 Å². The molecule has 0 radical (unpaired) electrons. The fourth-order valence-electron chi connectivity index (χ4n) is 3.44. The lowest BCUT2D eigenvalue weighted by Crippen LogP contribution is -2.60. The first-order valence-electron chi connectivity index (χ1n) is 12.1. The second-order valence-corrected chi connectivity index (χ2v) is 10.2. The third-order valence-electron chi connectivity index (χ3n) is 5.44. The van der Waals surface area contributed by atoms with E-state index in [1.54, 1.807) is 0 Å². The van der Waals surface area contributed by atoms with Gasteiger partial charge in [-0.3, -0.25) is 14.1 Å². The minimum Gasteiger partial charge on any atom is -0.462 e. The number of rotatable bonds is 17. The molecule has 0 amide bonds. The van der Waals surface area contributed by atoms with Gasteiger partial charge < -0.3 is 34.3 Å². The summed E-state index contributed by atoms with van der Waals surface area (Å²) in [6.07, 6.45) is -3.33. The molecule has 13 heteroatoms. The highest BCUT2D eigenvalue weighted by Gasteiger charge is 2.46. The number of aliphatic hydroxyl groups is 3. The first-order chi connectivity index (χ1) is 16.5. The number of unbranched alkanes of at least 4 members (excludes halogenated alkanes) is 5. The topological polar surface area (TPSA) is 186 Å². The van der Waals surface area contributed by atoms with Crippen LogP contribution in [-0.2, 0) is 38.7 Å². The van der Waals surface area contributed by atoms with Gasteiger partial charge in [-0.05, 0) is 12.8 Å². The molecule has 35 heavy (non-hydrogen) atoms. The molecule has 1 saturated heterocycles. The lowest BCUT2D eigenvalue weighted by Gasteiger charge is -2.40. The Morgan fingerprint density at radius 3 is 2.09 bits per heavy atom. The molecule has 1 aliphatic rings. The Hall–Kier alpha value is -1.35. The molecule has 1 fully saturated rings. The second kappa shape index (κ2) is 16.4. The van der Waals surface area contributed by atoms with Crippen molar-refractivity contribution in [3.8, 4) is 0 Å². The van der Waals surface area contributed by atoms with Crippen molar-refractivity contribution in [2.45, 2.75) is 108 Å². The van der Waals surface area contributed by atoms with E-state index >= 15 is 0 Å². The first kappa shape index (κ1) is 31.7. The molecule has 1 aliphatic heterocycles. The van der Waals surface area contributed by atoms with Crippen LogP contribution in [0.4, 0.5) is 0 Å². The van der Waals surface area contributed by atoms with Crippen LogP contribution in [0, 0.1) is 0 Å². The number of aliphatic hydroxyl groups excluding tert-OH is 3. The third-order valence-corrected chi connectivity index (χ3v) is 6.19. The smallest absolute Gasteiger partial charge is 0.306 e. The van der Waals surface area contributed by atoms with Crippen molar-refractivity contribution in [2.75, 3.05) is 19.0 Å². The molecular weight excluding hydrogens is 488 g/mol. The molecule has 0 spiro atoms. The van der Waals surface area contributed by atoms with Gasteiger partial charge >= 0.3 is 11.9 Å². The van der Waals surface area contributed by atoms with E-state index in [2.05, 4.69) is 0 Å². The summed E-state index contributed by atoms with van der Waals surface area (Å²) in [7, 11) is -4.57. The van der Waals surface area contributed by atoms with Crippen LogP contribution in [0.3, 0.4) is 0 Å². The predicted molar refractivity (Wildman–Crippen MR) is 123 cm³/mol. The summed E-state index contributed by atoms with van der Waals surface area (Å²) in [5.74, 6) is -2.03. The number of hydrogen-bond donors (Lipinski definition) is 4. The van der Waals surface area contributed by atoms with Crippen molar-refractivity contribution in [3.05, 3.63) is 0 Å². The van der Waals surface area contributed by atoms with Crippen LogP contribution in [0.2, 0.25) is 0 Å². The van der Waals surface area contributed by atoms with Crippen molar-refractivity contribution in [2.24, 2.45) is 0 Å². The molecule has 0 unspecified atom stereocenters. The van der Waals surface area contributed by atoms with E-state index in [-0.39, 0.29) is 19.4 Å². The molecule has 0 aromatic carbocycles. The Bertz CT molecular complexity index is 728. The van der Waals surface area contributed by atoms with Crippen LogP contribution in [0.5, 0.6) is 0 Å². The summed E-state index contributed by atoms with van der Waals surface area (Å²) >= 11 is 0. The van der Waals surface area contributed by atoms with Gasteiger partial charge in [-0.1, -0.05) is 46.0 Å². The summed E-state index contributed by atoms with van der Waals surface area (Å²) in [4.78, 5) is 24.2. The molecular formula is C22H40O12S. The van der Waals surface area contributed by atoms with E-state index in [4.69, 9.17) is 23.5 Å². The minimum atomic E-state index is -4.57. The Morgan fingerprint density at radius 1 is 0.857 bits per heavy atom. The third kappa shape index (κ3) is 13.0. The summed E-state index contributed by atoms with van der Waals surface area (Å²) < 4.78 is 52.6. The monoisotopic (exact) mass is 528 g/mol. The Balaban J connectivity index is 2.74. The maximum Gasteiger partial charge on any atom is 0.306 e. The summed E-state index contributed by atoms with van der Waals surface area (Å²) in [6.45, 7) is 3.32. The number of esters is 2. The van der Waals surface area contributed by atoms with Crippen molar-refractivity contribution >= 4 is 22.1 Å². The van der Waals surface area contributed by atoms with Gasteiger partial charge in [0.05, 0.1) is 6.61 Å². The van der Waals surface area contributed by atoms with Crippen LogP contribution >= 0.6 is 0 Å². The highest BCUT2D eigenvalue weighted by molar-refractivity contribution is 7.85. The molecule has 6 atom stereocenters. The lowest BCUT2D eigenvalue weighted by molar-refractivity contribution is -0.297. The van der Waals surface area contributed by atoms with Gasteiger partial charge in [0.2, 0.25) is 0 Å². The second-order valence-electron chi connectivity index (χ2n) is 8.66. The summed E-state index contributed by atoms with van der Waals surface area (Å²) in [5.41, 5.74) is 0. The number of ether oxygens (including phenoxy) is 4. The highest BCUT2D eigenvalue weighted by atomic mass is 32.2. The zero-order chi connectivity index (χ0) is 26.4. The zero-order valence-electron chi connectivity index (χ0n) is 20.4. The summed E-state index contributed by atoms with van der Waals surface area (Å²) in [5, 5.41) is 30.1. The highest BCUT2D eigenvalue weighted by Crippen LogP contribution is 2.23. The van der Waals surface area contributed by atoms with Gasteiger partial charge in [0.25, 0.3) is 10.1 Å². The summed E-state index contributed by atoms with van der Waals surface area (Å²) in [6, 6.07) is 0. The van der Waals surface area contributed by atoms with E-state index in [9.17, 15) is 33.3 Å². The quantitative estimate of drug-likeness (QED) is 0.118. The van der Waals surface area contributed by atoms with Crippen molar-refractivity contribution in [1.82, 2.24) is 0 Å². The molecule has 0 bridgehead atoms. The standard InChI is InChI=1S/C22H40O12S/c1-3-5-7-9-11-18(24)33-15(12-31-17(23)10-8-6-4-2)13-32-22-21(27)20(26)19(25)16(34-22)14-35(28,29)30/h15-16,19-22,25-27H,3-14H2,1-2H3,(H,28,29,30)/t15-,16-,19-,20+,21-,22-/m1/s1. The van der Waals surface area contributed by atoms with Gasteiger partial charge in [0, 0.05) is 12.8 Å². The Morgan fingerprint density at radius 2 is 1.46 bits per heavy atom. The maximum absolute atomic E-state index is 12.2. The molecule has 0 saturated carbocycles. The van der Waals surface area contributed by atoms with Gasteiger partial charge in [0.15, 0.2) is 12.4 Å². The molecule has 0 aromatic rings.